The van der Waals surface area contributed by atoms with Crippen molar-refractivity contribution in [2.24, 2.45) is 0 Å². The summed E-state index contributed by atoms with van der Waals surface area (Å²) < 4.78 is 12.5. The Hall–Kier alpha value is -1.33. The third-order valence-corrected chi connectivity index (χ3v) is 3.57. The highest BCUT2D eigenvalue weighted by Gasteiger charge is 2.08. The molecular formula is C14H10Br2O3. The first-order chi connectivity index (χ1) is 9.13. The van der Waals surface area contributed by atoms with Gasteiger partial charge in [0.05, 0.1) is 17.1 Å². The van der Waals surface area contributed by atoms with Gasteiger partial charge in [-0.2, -0.15) is 0 Å². The lowest BCUT2D eigenvalue weighted by Gasteiger charge is -2.11. The molecule has 2 rings (SSSR count). The zero-order chi connectivity index (χ0) is 13.8. The van der Waals surface area contributed by atoms with E-state index in [1.807, 2.05) is 0 Å². The molecule has 0 spiro atoms. The van der Waals surface area contributed by atoms with Crippen LogP contribution in [0.2, 0.25) is 0 Å². The number of halogens is 2. The van der Waals surface area contributed by atoms with Crippen molar-refractivity contribution in [3.63, 3.8) is 0 Å². The van der Waals surface area contributed by atoms with Gasteiger partial charge < -0.3 is 9.47 Å². The van der Waals surface area contributed by atoms with Crippen molar-refractivity contribution in [1.29, 1.82) is 0 Å². The minimum atomic E-state index is 0.492. The van der Waals surface area contributed by atoms with Crippen LogP contribution in [0.5, 0.6) is 17.2 Å². The van der Waals surface area contributed by atoms with Crippen molar-refractivity contribution in [2.75, 3.05) is 7.11 Å². The summed E-state index contributed by atoms with van der Waals surface area (Å²) in [6.07, 6.45) is 0.763. The van der Waals surface area contributed by atoms with Crippen LogP contribution in [0.3, 0.4) is 0 Å². The number of methoxy groups -OCH3 is 1. The first-order valence-corrected chi connectivity index (χ1v) is 6.99. The summed E-state index contributed by atoms with van der Waals surface area (Å²) in [4.78, 5) is 11.0. The maximum Gasteiger partial charge on any atom is 0.153 e. The van der Waals surface area contributed by atoms with Gasteiger partial charge in [-0.05, 0) is 52.3 Å². The van der Waals surface area contributed by atoms with E-state index < -0.39 is 0 Å². The molecule has 0 aliphatic carbocycles. The quantitative estimate of drug-likeness (QED) is 0.707. The van der Waals surface area contributed by atoms with Crippen molar-refractivity contribution >= 4 is 38.1 Å². The predicted molar refractivity (Wildman–Crippen MR) is 80.3 cm³/mol. The van der Waals surface area contributed by atoms with Gasteiger partial charge in [-0.1, -0.05) is 15.9 Å². The summed E-state index contributed by atoms with van der Waals surface area (Å²) in [7, 11) is 1.60. The normalized spacial score (nSPS) is 10.1. The SMILES string of the molecule is COc1ccc(Oc2cc(Br)ccc2C=O)c(Br)c1. The lowest BCUT2D eigenvalue weighted by Crippen LogP contribution is -1.92. The summed E-state index contributed by atoms with van der Waals surface area (Å²) in [5.41, 5.74) is 0.492. The topological polar surface area (TPSA) is 35.5 Å². The van der Waals surface area contributed by atoms with E-state index in [0.29, 0.717) is 17.1 Å². The van der Waals surface area contributed by atoms with E-state index in [9.17, 15) is 4.79 Å². The van der Waals surface area contributed by atoms with Gasteiger partial charge in [-0.3, -0.25) is 4.79 Å². The summed E-state index contributed by atoms with van der Waals surface area (Å²) in [6.45, 7) is 0. The fourth-order valence-corrected chi connectivity index (χ4v) is 2.28. The molecule has 19 heavy (non-hydrogen) atoms. The maximum atomic E-state index is 11.0. The molecule has 0 radical (unpaired) electrons. The molecule has 0 amide bonds. The van der Waals surface area contributed by atoms with Crippen LogP contribution in [0.25, 0.3) is 0 Å². The number of carbonyl (C=O) groups excluding carboxylic acids is 1. The van der Waals surface area contributed by atoms with Gasteiger partial charge in [0.1, 0.15) is 17.2 Å². The third kappa shape index (κ3) is 3.36. The Bertz CT molecular complexity index is 612. The highest BCUT2D eigenvalue weighted by atomic mass is 79.9. The van der Waals surface area contributed by atoms with E-state index in [1.165, 1.54) is 0 Å². The summed E-state index contributed by atoms with van der Waals surface area (Å²) in [6, 6.07) is 10.6. The van der Waals surface area contributed by atoms with E-state index >= 15 is 0 Å². The van der Waals surface area contributed by atoms with Gasteiger partial charge in [-0.25, -0.2) is 0 Å². The Labute approximate surface area is 127 Å². The average Bonchev–Trinajstić information content (AvgIpc) is 2.41. The van der Waals surface area contributed by atoms with Gasteiger partial charge in [0.15, 0.2) is 6.29 Å². The van der Waals surface area contributed by atoms with Crippen molar-refractivity contribution in [3.8, 4) is 17.2 Å². The molecule has 0 bridgehead atoms. The molecule has 0 unspecified atom stereocenters. The molecule has 2 aromatic carbocycles. The number of benzene rings is 2. The number of rotatable bonds is 4. The summed E-state index contributed by atoms with van der Waals surface area (Å²) in [5, 5.41) is 0. The third-order valence-electron chi connectivity index (χ3n) is 2.46. The van der Waals surface area contributed by atoms with Crippen LogP contribution in [0, 0.1) is 0 Å². The molecule has 0 saturated heterocycles. The van der Waals surface area contributed by atoms with Gasteiger partial charge >= 0.3 is 0 Å². The first kappa shape index (κ1) is 14.1. The van der Waals surface area contributed by atoms with E-state index in [0.717, 1.165) is 21.0 Å². The number of hydrogen-bond donors (Lipinski definition) is 0. The molecule has 3 nitrogen and oxygen atoms in total. The van der Waals surface area contributed by atoms with Crippen LogP contribution in [-0.4, -0.2) is 13.4 Å². The van der Waals surface area contributed by atoms with Crippen LogP contribution >= 0.6 is 31.9 Å². The standard InChI is InChI=1S/C14H10Br2O3/c1-18-11-4-5-13(12(16)7-11)19-14-6-10(15)3-2-9(14)8-17/h2-8H,1H3. The smallest absolute Gasteiger partial charge is 0.153 e. The Balaban J connectivity index is 2.35. The van der Waals surface area contributed by atoms with Gasteiger partial charge in [0, 0.05) is 4.47 Å². The molecule has 0 fully saturated rings. The fraction of sp³-hybridized carbons (Fsp3) is 0.0714. The minimum absolute atomic E-state index is 0.492. The fourth-order valence-electron chi connectivity index (χ4n) is 1.50. The Kier molecular flexibility index (Phi) is 4.61. The zero-order valence-corrected chi connectivity index (χ0v) is 13.2. The molecule has 0 N–H and O–H groups in total. The van der Waals surface area contributed by atoms with E-state index in [-0.39, 0.29) is 0 Å². The molecule has 5 heteroatoms. The second-order valence-electron chi connectivity index (χ2n) is 3.70. The number of ether oxygens (including phenoxy) is 2. The van der Waals surface area contributed by atoms with E-state index in [4.69, 9.17) is 9.47 Å². The van der Waals surface area contributed by atoms with Crippen molar-refractivity contribution in [1.82, 2.24) is 0 Å². The largest absolute Gasteiger partial charge is 0.497 e. The van der Waals surface area contributed by atoms with Crippen LogP contribution < -0.4 is 9.47 Å². The first-order valence-electron chi connectivity index (χ1n) is 5.40. The zero-order valence-electron chi connectivity index (χ0n) is 10.0. The molecule has 2 aromatic rings. The summed E-state index contributed by atoms with van der Waals surface area (Å²) >= 11 is 6.76. The van der Waals surface area contributed by atoms with E-state index in [1.54, 1.807) is 43.5 Å². The monoisotopic (exact) mass is 384 g/mol. The van der Waals surface area contributed by atoms with Crippen LogP contribution in [0.1, 0.15) is 10.4 Å². The molecular weight excluding hydrogens is 376 g/mol. The number of hydrogen-bond acceptors (Lipinski definition) is 3. The van der Waals surface area contributed by atoms with Crippen molar-refractivity contribution in [2.45, 2.75) is 0 Å². The average molecular weight is 386 g/mol. The van der Waals surface area contributed by atoms with Gasteiger partial charge in [0.25, 0.3) is 0 Å². The molecule has 0 aromatic heterocycles. The number of carbonyl (C=O) groups is 1. The highest BCUT2D eigenvalue weighted by molar-refractivity contribution is 9.10. The maximum absolute atomic E-state index is 11.0. The Morgan fingerprint density at radius 2 is 1.84 bits per heavy atom. The molecule has 0 atom stereocenters. The molecule has 0 saturated carbocycles. The number of aldehydes is 1. The Morgan fingerprint density at radius 1 is 1.05 bits per heavy atom. The van der Waals surface area contributed by atoms with Crippen LogP contribution in [-0.2, 0) is 0 Å². The molecule has 0 aliphatic heterocycles. The van der Waals surface area contributed by atoms with Gasteiger partial charge in [0.2, 0.25) is 0 Å². The molecule has 0 heterocycles. The molecule has 98 valence electrons. The van der Waals surface area contributed by atoms with Crippen LogP contribution in [0.15, 0.2) is 45.3 Å². The summed E-state index contributed by atoms with van der Waals surface area (Å²) in [5.74, 6) is 1.83. The Morgan fingerprint density at radius 3 is 2.47 bits per heavy atom. The van der Waals surface area contributed by atoms with E-state index in [2.05, 4.69) is 31.9 Å². The van der Waals surface area contributed by atoms with Crippen LogP contribution in [0.4, 0.5) is 0 Å². The van der Waals surface area contributed by atoms with Crippen molar-refractivity contribution < 1.29 is 14.3 Å². The second-order valence-corrected chi connectivity index (χ2v) is 5.47. The van der Waals surface area contributed by atoms with Gasteiger partial charge in [-0.15, -0.1) is 0 Å². The lowest BCUT2D eigenvalue weighted by molar-refractivity contribution is 0.112. The van der Waals surface area contributed by atoms with Crippen molar-refractivity contribution in [3.05, 3.63) is 50.9 Å². The highest BCUT2D eigenvalue weighted by Crippen LogP contribution is 2.34. The lowest BCUT2D eigenvalue weighted by atomic mass is 10.2. The predicted octanol–water partition coefficient (Wildman–Crippen LogP) is 4.83. The second kappa shape index (κ2) is 6.21. The minimum Gasteiger partial charge on any atom is -0.497 e. The molecule has 0 aliphatic rings.